The maximum Gasteiger partial charge on any atom is 0.338 e. The number of nitrogens with zero attached hydrogens (tertiary/aromatic N) is 1. The lowest BCUT2D eigenvalue weighted by molar-refractivity contribution is -0.384. The third-order valence-corrected chi connectivity index (χ3v) is 3.62. The van der Waals surface area contributed by atoms with Crippen molar-refractivity contribution in [2.75, 3.05) is 24.3 Å². The van der Waals surface area contributed by atoms with Crippen molar-refractivity contribution in [2.45, 2.75) is 0 Å². The second-order valence-electron chi connectivity index (χ2n) is 5.02. The van der Waals surface area contributed by atoms with Crippen molar-refractivity contribution in [2.24, 2.45) is 0 Å². The molecule has 2 N–H and O–H groups in total. The highest BCUT2D eigenvalue weighted by molar-refractivity contribution is 6.35. The normalized spacial score (nSPS) is 10.1. The molecule has 0 atom stereocenters. The van der Waals surface area contributed by atoms with Gasteiger partial charge in [-0.2, -0.15) is 0 Å². The first-order valence-corrected chi connectivity index (χ1v) is 7.95. The molecule has 2 rings (SSSR count). The van der Waals surface area contributed by atoms with Crippen LogP contribution in [-0.2, 0) is 9.53 Å². The fourth-order valence-corrected chi connectivity index (χ4v) is 2.58. The number of esters is 1. The van der Waals surface area contributed by atoms with Crippen LogP contribution in [-0.4, -0.2) is 30.5 Å². The van der Waals surface area contributed by atoms with E-state index in [0.29, 0.717) is 15.7 Å². The number of anilines is 2. The average Bonchev–Trinajstić information content (AvgIpc) is 2.58. The number of ether oxygens (including phenoxy) is 1. The maximum absolute atomic E-state index is 12.0. The third-order valence-electron chi connectivity index (χ3n) is 3.18. The van der Waals surface area contributed by atoms with E-state index in [4.69, 9.17) is 27.9 Å². The molecule has 0 aliphatic rings. The van der Waals surface area contributed by atoms with Gasteiger partial charge in [-0.25, -0.2) is 4.79 Å². The number of halogens is 2. The van der Waals surface area contributed by atoms with Gasteiger partial charge in [0.15, 0.2) is 6.61 Å². The van der Waals surface area contributed by atoms with Gasteiger partial charge in [-0.1, -0.05) is 23.2 Å². The van der Waals surface area contributed by atoms with Crippen molar-refractivity contribution in [1.82, 2.24) is 0 Å². The highest BCUT2D eigenvalue weighted by Gasteiger charge is 2.18. The van der Waals surface area contributed by atoms with Crippen LogP contribution in [0.3, 0.4) is 0 Å². The van der Waals surface area contributed by atoms with Crippen molar-refractivity contribution >= 4 is 52.1 Å². The number of carbonyl (C=O) groups excluding carboxylic acids is 2. The number of benzene rings is 2. The van der Waals surface area contributed by atoms with Gasteiger partial charge in [0.1, 0.15) is 5.69 Å². The first kappa shape index (κ1) is 19.5. The lowest BCUT2D eigenvalue weighted by atomic mass is 10.1. The van der Waals surface area contributed by atoms with Crippen molar-refractivity contribution in [1.29, 1.82) is 0 Å². The Balaban J connectivity index is 2.00. The lowest BCUT2D eigenvalue weighted by Gasteiger charge is -2.08. The molecule has 0 fully saturated rings. The number of hydrogen-bond donors (Lipinski definition) is 2. The van der Waals surface area contributed by atoms with Crippen molar-refractivity contribution in [3.05, 3.63) is 62.1 Å². The molecule has 0 saturated carbocycles. The van der Waals surface area contributed by atoms with E-state index in [1.165, 1.54) is 37.4 Å². The Labute approximate surface area is 158 Å². The number of rotatable bonds is 6. The minimum atomic E-state index is -0.866. The smallest absolute Gasteiger partial charge is 0.338 e. The summed E-state index contributed by atoms with van der Waals surface area (Å²) in [5.41, 5.74) is 0.272. The van der Waals surface area contributed by atoms with Crippen molar-refractivity contribution < 1.29 is 19.2 Å². The van der Waals surface area contributed by atoms with Crippen molar-refractivity contribution in [3.63, 3.8) is 0 Å². The monoisotopic (exact) mass is 397 g/mol. The minimum absolute atomic E-state index is 0.0469. The van der Waals surface area contributed by atoms with Gasteiger partial charge in [0.05, 0.1) is 10.5 Å². The Kier molecular flexibility index (Phi) is 6.37. The number of amides is 1. The van der Waals surface area contributed by atoms with Gasteiger partial charge in [0, 0.05) is 28.8 Å². The Morgan fingerprint density at radius 3 is 2.38 bits per heavy atom. The van der Waals surface area contributed by atoms with Crippen molar-refractivity contribution in [3.8, 4) is 0 Å². The Hall–Kier alpha value is -2.84. The van der Waals surface area contributed by atoms with E-state index in [2.05, 4.69) is 10.6 Å². The van der Waals surface area contributed by atoms with Gasteiger partial charge in [-0.05, 0) is 30.3 Å². The Bertz CT molecular complexity index is 853. The highest BCUT2D eigenvalue weighted by Crippen LogP contribution is 2.25. The first-order chi connectivity index (χ1) is 12.3. The highest BCUT2D eigenvalue weighted by atomic mass is 35.5. The van der Waals surface area contributed by atoms with Crippen LogP contribution in [0.2, 0.25) is 10.0 Å². The summed E-state index contributed by atoms with van der Waals surface area (Å²) in [5, 5.41) is 16.8. The quantitative estimate of drug-likeness (QED) is 0.436. The molecule has 1 amide bonds. The molecule has 2 aromatic carbocycles. The predicted molar refractivity (Wildman–Crippen MR) is 98.0 cm³/mol. The molecule has 8 nitrogen and oxygen atoms in total. The van der Waals surface area contributed by atoms with Gasteiger partial charge >= 0.3 is 5.97 Å². The molecule has 26 heavy (non-hydrogen) atoms. The average molecular weight is 398 g/mol. The van der Waals surface area contributed by atoms with Gasteiger partial charge < -0.3 is 15.4 Å². The number of hydrogen-bond acceptors (Lipinski definition) is 6. The molecule has 2 aromatic rings. The van der Waals surface area contributed by atoms with Crippen LogP contribution in [0, 0.1) is 10.1 Å². The summed E-state index contributed by atoms with van der Waals surface area (Å²) in [7, 11) is 1.52. The SMILES string of the molecule is CNc1ccc(C(=O)OCC(=O)Nc2cc(Cl)cc(Cl)c2)cc1[N+](=O)[O-]. The molecule has 0 spiro atoms. The topological polar surface area (TPSA) is 111 Å². The van der Waals surface area contributed by atoms with E-state index in [-0.39, 0.29) is 16.9 Å². The molecular formula is C16H13Cl2N3O5. The molecule has 0 radical (unpaired) electrons. The summed E-state index contributed by atoms with van der Waals surface area (Å²) in [6.45, 7) is -0.579. The molecule has 136 valence electrons. The van der Waals surface area contributed by atoms with Crippen LogP contribution in [0.25, 0.3) is 0 Å². The zero-order valence-electron chi connectivity index (χ0n) is 13.4. The van der Waals surface area contributed by atoms with E-state index in [9.17, 15) is 19.7 Å². The molecule has 0 aliphatic carbocycles. The van der Waals surface area contributed by atoms with Crippen LogP contribution in [0.15, 0.2) is 36.4 Å². The number of nitro benzene ring substituents is 1. The van der Waals surface area contributed by atoms with Gasteiger partial charge in [-0.15, -0.1) is 0 Å². The summed E-state index contributed by atoms with van der Waals surface area (Å²) >= 11 is 11.6. The molecule has 0 aliphatic heterocycles. The summed E-state index contributed by atoms with van der Waals surface area (Å²) in [4.78, 5) is 34.2. The summed E-state index contributed by atoms with van der Waals surface area (Å²) in [5.74, 6) is -1.48. The van der Waals surface area contributed by atoms with E-state index >= 15 is 0 Å². The molecule has 0 aromatic heterocycles. The molecular weight excluding hydrogens is 385 g/mol. The molecule has 10 heteroatoms. The Morgan fingerprint density at radius 2 is 1.81 bits per heavy atom. The Morgan fingerprint density at radius 1 is 1.15 bits per heavy atom. The second kappa shape index (κ2) is 8.50. The van der Waals surface area contributed by atoms with E-state index in [0.717, 1.165) is 6.07 Å². The van der Waals surface area contributed by atoms with Gasteiger partial charge in [0.2, 0.25) is 0 Å². The van der Waals surface area contributed by atoms with E-state index < -0.39 is 23.4 Å². The summed E-state index contributed by atoms with van der Waals surface area (Å²) < 4.78 is 4.87. The first-order valence-electron chi connectivity index (χ1n) is 7.19. The third kappa shape index (κ3) is 5.08. The van der Waals surface area contributed by atoms with Crippen LogP contribution >= 0.6 is 23.2 Å². The molecule has 0 saturated heterocycles. The van der Waals surface area contributed by atoms with Gasteiger partial charge in [0.25, 0.3) is 11.6 Å². The maximum atomic E-state index is 12.0. The lowest BCUT2D eigenvalue weighted by Crippen LogP contribution is -2.21. The second-order valence-corrected chi connectivity index (χ2v) is 5.89. The largest absolute Gasteiger partial charge is 0.452 e. The fraction of sp³-hybridized carbons (Fsp3) is 0.125. The van der Waals surface area contributed by atoms with E-state index in [1.54, 1.807) is 0 Å². The summed E-state index contributed by atoms with van der Waals surface area (Å²) in [6.07, 6.45) is 0. The van der Waals surface area contributed by atoms with Crippen LogP contribution in [0.1, 0.15) is 10.4 Å². The molecule has 0 heterocycles. The predicted octanol–water partition coefficient (Wildman–Crippen LogP) is 3.74. The number of carbonyl (C=O) groups is 2. The number of nitrogens with one attached hydrogen (secondary N) is 2. The zero-order chi connectivity index (χ0) is 19.3. The molecule has 0 bridgehead atoms. The van der Waals surface area contributed by atoms with Crippen LogP contribution in [0.5, 0.6) is 0 Å². The van der Waals surface area contributed by atoms with E-state index in [1.807, 2.05) is 0 Å². The fourth-order valence-electron chi connectivity index (χ4n) is 2.06. The van der Waals surface area contributed by atoms with Gasteiger partial charge in [-0.3, -0.25) is 14.9 Å². The molecule has 0 unspecified atom stereocenters. The standard InChI is InChI=1S/C16H13Cl2N3O5/c1-19-13-3-2-9(4-14(13)21(24)25)16(23)26-8-15(22)20-12-6-10(17)5-11(18)7-12/h2-7,19H,8H2,1H3,(H,20,22). The summed E-state index contributed by atoms with van der Waals surface area (Å²) in [6, 6.07) is 8.27. The van der Waals surface area contributed by atoms with Crippen LogP contribution < -0.4 is 10.6 Å². The zero-order valence-corrected chi connectivity index (χ0v) is 14.9. The minimum Gasteiger partial charge on any atom is -0.452 e. The number of nitro groups is 1. The van der Waals surface area contributed by atoms with Crippen LogP contribution in [0.4, 0.5) is 17.1 Å².